The Hall–Kier alpha value is -0.630. The molecule has 0 aliphatic carbocycles. The summed E-state index contributed by atoms with van der Waals surface area (Å²) in [7, 11) is 2.02. The number of nitrogens with zero attached hydrogens (tertiary/aromatic N) is 2. The number of hydrogen-bond acceptors (Lipinski definition) is 1. The second kappa shape index (κ2) is 3.52. The Morgan fingerprint density at radius 2 is 2.00 bits per heavy atom. The molecule has 0 spiro atoms. The van der Waals surface area contributed by atoms with Crippen LogP contribution in [0.1, 0.15) is 11.4 Å². The summed E-state index contributed by atoms with van der Waals surface area (Å²) < 4.78 is 2.06. The summed E-state index contributed by atoms with van der Waals surface area (Å²) in [5.74, 6) is 0. The van der Waals surface area contributed by atoms with Gasteiger partial charge in [0.25, 0.3) is 0 Å². The molecule has 0 saturated heterocycles. The van der Waals surface area contributed by atoms with Gasteiger partial charge in [0.2, 0.25) is 0 Å². The summed E-state index contributed by atoms with van der Waals surface area (Å²) in [6.45, 7) is 4.02. The van der Waals surface area contributed by atoms with Gasteiger partial charge in [0.15, 0.2) is 11.9 Å². The molecule has 0 amide bonds. The zero-order valence-electron chi connectivity index (χ0n) is 6.43. The fourth-order valence-electron chi connectivity index (χ4n) is 0.702. The van der Waals surface area contributed by atoms with Gasteiger partial charge in [0.1, 0.15) is 12.7 Å². The molecule has 0 aliphatic rings. The highest BCUT2D eigenvalue weighted by atomic mass is 35.5. The third-order valence-corrected chi connectivity index (χ3v) is 1.39. The van der Waals surface area contributed by atoms with Crippen LogP contribution in [0.4, 0.5) is 0 Å². The Labute approximate surface area is 67.3 Å². The van der Waals surface area contributed by atoms with Crippen molar-refractivity contribution < 1.29 is 17.0 Å². The Bertz CT molecular complexity index is 223. The molecule has 0 atom stereocenters. The van der Waals surface area contributed by atoms with Crippen LogP contribution in [-0.4, -0.2) is 4.98 Å². The van der Waals surface area contributed by atoms with Crippen LogP contribution in [0.3, 0.4) is 0 Å². The number of aromatic nitrogens is 2. The van der Waals surface area contributed by atoms with Crippen LogP contribution in [0.2, 0.25) is 0 Å². The fourth-order valence-corrected chi connectivity index (χ4v) is 0.702. The van der Waals surface area contributed by atoms with Crippen molar-refractivity contribution >= 4 is 0 Å². The average molecular weight is 159 g/mol. The topological polar surface area (TPSA) is 16.8 Å². The standard InChI is InChI=1S/C7H11N2.ClH/c1-6-5-9(3)7(2)4-8-6;/h4-5H,1-3H3;1H/q+1;/p-1. The van der Waals surface area contributed by atoms with Crippen LogP contribution in [0.15, 0.2) is 12.4 Å². The third-order valence-electron chi connectivity index (χ3n) is 1.39. The largest absolute Gasteiger partial charge is 1.00 e. The minimum atomic E-state index is 0. The van der Waals surface area contributed by atoms with Gasteiger partial charge >= 0.3 is 0 Å². The molecule has 1 rings (SSSR count). The maximum Gasteiger partial charge on any atom is 0.196 e. The Morgan fingerprint density at radius 1 is 1.40 bits per heavy atom. The van der Waals surface area contributed by atoms with Crippen molar-refractivity contribution in [2.45, 2.75) is 13.8 Å². The highest BCUT2D eigenvalue weighted by Gasteiger charge is 1.98. The van der Waals surface area contributed by atoms with E-state index in [1.54, 1.807) is 0 Å². The molecule has 0 saturated carbocycles. The van der Waals surface area contributed by atoms with Crippen LogP contribution in [0, 0.1) is 13.8 Å². The Kier molecular flexibility index (Phi) is 3.30. The van der Waals surface area contributed by atoms with Gasteiger partial charge < -0.3 is 12.4 Å². The van der Waals surface area contributed by atoms with Crippen LogP contribution < -0.4 is 17.0 Å². The summed E-state index contributed by atoms with van der Waals surface area (Å²) >= 11 is 0. The highest BCUT2D eigenvalue weighted by molar-refractivity contribution is 4.90. The molecule has 0 fully saturated rings. The van der Waals surface area contributed by atoms with Crippen molar-refractivity contribution in [1.29, 1.82) is 0 Å². The molecule has 0 unspecified atom stereocenters. The molecule has 1 aromatic rings. The first kappa shape index (κ1) is 9.37. The van der Waals surface area contributed by atoms with Crippen molar-refractivity contribution in [1.82, 2.24) is 4.98 Å². The Balaban J connectivity index is 0.000000810. The molecule has 0 aromatic carbocycles. The molecular formula is C7H11ClN2. The minimum absolute atomic E-state index is 0. The molecule has 0 N–H and O–H groups in total. The SMILES string of the molecule is Cc1c[n+](C)c(C)cn1.[Cl-]. The van der Waals surface area contributed by atoms with Gasteiger partial charge in [0.05, 0.1) is 6.20 Å². The lowest BCUT2D eigenvalue weighted by molar-refractivity contribution is -0.678. The van der Waals surface area contributed by atoms with Gasteiger partial charge in [-0.05, 0) is 6.92 Å². The first-order chi connectivity index (χ1) is 4.20. The number of rotatable bonds is 0. The lowest BCUT2D eigenvalue weighted by Gasteiger charge is -1.91. The molecule has 3 heteroatoms. The maximum absolute atomic E-state index is 4.12. The summed E-state index contributed by atoms with van der Waals surface area (Å²) in [6, 6.07) is 0. The van der Waals surface area contributed by atoms with E-state index in [0.29, 0.717) is 0 Å². The normalized spacial score (nSPS) is 8.70. The van der Waals surface area contributed by atoms with E-state index in [1.165, 1.54) is 5.69 Å². The predicted molar refractivity (Wildman–Crippen MR) is 34.9 cm³/mol. The molecule has 1 aromatic heterocycles. The van der Waals surface area contributed by atoms with E-state index in [9.17, 15) is 0 Å². The van der Waals surface area contributed by atoms with Crippen molar-refractivity contribution in [3.63, 3.8) is 0 Å². The molecule has 0 aliphatic heterocycles. The van der Waals surface area contributed by atoms with E-state index >= 15 is 0 Å². The van der Waals surface area contributed by atoms with Gasteiger partial charge in [-0.1, -0.05) is 0 Å². The van der Waals surface area contributed by atoms with Gasteiger partial charge in [-0.2, -0.15) is 0 Å². The van der Waals surface area contributed by atoms with E-state index in [1.807, 2.05) is 33.3 Å². The Morgan fingerprint density at radius 3 is 2.40 bits per heavy atom. The monoisotopic (exact) mass is 158 g/mol. The summed E-state index contributed by atoms with van der Waals surface area (Å²) in [6.07, 6.45) is 3.88. The van der Waals surface area contributed by atoms with Crippen molar-refractivity contribution in [2.75, 3.05) is 0 Å². The van der Waals surface area contributed by atoms with E-state index in [4.69, 9.17) is 0 Å². The molecule has 0 bridgehead atoms. The summed E-state index contributed by atoms with van der Waals surface area (Å²) in [5.41, 5.74) is 2.24. The molecular weight excluding hydrogens is 148 g/mol. The second-order valence-electron chi connectivity index (χ2n) is 2.28. The zero-order chi connectivity index (χ0) is 6.85. The molecule has 10 heavy (non-hydrogen) atoms. The first-order valence-corrected chi connectivity index (χ1v) is 2.99. The summed E-state index contributed by atoms with van der Waals surface area (Å²) in [5, 5.41) is 0. The minimum Gasteiger partial charge on any atom is -1.00 e. The van der Waals surface area contributed by atoms with Gasteiger partial charge in [0, 0.05) is 6.92 Å². The zero-order valence-corrected chi connectivity index (χ0v) is 7.18. The van der Waals surface area contributed by atoms with Crippen molar-refractivity contribution in [2.24, 2.45) is 7.05 Å². The van der Waals surface area contributed by atoms with E-state index in [-0.39, 0.29) is 12.4 Å². The van der Waals surface area contributed by atoms with Crippen molar-refractivity contribution in [3.8, 4) is 0 Å². The molecule has 2 nitrogen and oxygen atoms in total. The number of halogens is 1. The van der Waals surface area contributed by atoms with E-state index in [0.717, 1.165) is 5.69 Å². The number of hydrogen-bond donors (Lipinski definition) is 0. The van der Waals surface area contributed by atoms with Crippen molar-refractivity contribution in [3.05, 3.63) is 23.8 Å². The lowest BCUT2D eigenvalue weighted by atomic mass is 10.4. The van der Waals surface area contributed by atoms with E-state index in [2.05, 4.69) is 9.55 Å². The fraction of sp³-hybridized carbons (Fsp3) is 0.429. The molecule has 1 heterocycles. The third kappa shape index (κ3) is 1.95. The first-order valence-electron chi connectivity index (χ1n) is 2.99. The molecule has 0 radical (unpaired) electrons. The van der Waals surface area contributed by atoms with Crippen LogP contribution >= 0.6 is 0 Å². The number of aryl methyl sites for hydroxylation is 3. The average Bonchev–Trinajstić information content (AvgIpc) is 1.80. The smallest absolute Gasteiger partial charge is 0.196 e. The van der Waals surface area contributed by atoms with Gasteiger partial charge in [-0.15, -0.1) is 0 Å². The van der Waals surface area contributed by atoms with Crippen LogP contribution in [-0.2, 0) is 7.05 Å². The maximum atomic E-state index is 4.12. The predicted octanol–water partition coefficient (Wildman–Crippen LogP) is -2.47. The molecule has 56 valence electrons. The van der Waals surface area contributed by atoms with Crippen LogP contribution in [0.5, 0.6) is 0 Å². The highest BCUT2D eigenvalue weighted by Crippen LogP contribution is 1.86. The quantitative estimate of drug-likeness (QED) is 0.383. The van der Waals surface area contributed by atoms with Crippen LogP contribution in [0.25, 0.3) is 0 Å². The lowest BCUT2D eigenvalue weighted by Crippen LogP contribution is -3.00. The summed E-state index contributed by atoms with van der Waals surface area (Å²) in [4.78, 5) is 4.12. The second-order valence-corrected chi connectivity index (χ2v) is 2.28. The van der Waals surface area contributed by atoms with Gasteiger partial charge in [-0.25, -0.2) is 9.55 Å². The van der Waals surface area contributed by atoms with Gasteiger partial charge in [-0.3, -0.25) is 0 Å². The van der Waals surface area contributed by atoms with E-state index < -0.39 is 0 Å².